The van der Waals surface area contributed by atoms with Crippen LogP contribution in [0.4, 0.5) is 13.2 Å². The Morgan fingerprint density at radius 2 is 2.00 bits per heavy atom. The molecule has 1 aliphatic rings. The van der Waals surface area contributed by atoms with Crippen molar-refractivity contribution in [3.8, 4) is 5.75 Å². The molecule has 3 nitrogen and oxygen atoms in total. The predicted molar refractivity (Wildman–Crippen MR) is 70.8 cm³/mol. The second kappa shape index (κ2) is 6.95. The first-order chi connectivity index (χ1) is 9.61. The third-order valence-corrected chi connectivity index (χ3v) is 3.56. The molecule has 1 atom stereocenters. The van der Waals surface area contributed by atoms with Gasteiger partial charge in [-0.1, -0.05) is 0 Å². The van der Waals surface area contributed by atoms with Gasteiger partial charge in [-0.15, -0.1) is 0 Å². The van der Waals surface area contributed by atoms with E-state index in [0.29, 0.717) is 18.8 Å². The lowest BCUT2D eigenvalue weighted by Crippen LogP contribution is -2.45. The molecule has 1 heterocycles. The van der Waals surface area contributed by atoms with Gasteiger partial charge in [0, 0.05) is 44.2 Å². The number of hydrogen-bond acceptors (Lipinski definition) is 3. The zero-order valence-corrected chi connectivity index (χ0v) is 11.4. The summed E-state index contributed by atoms with van der Waals surface area (Å²) in [4.78, 5) is 1.90. The predicted octanol–water partition coefficient (Wildman–Crippen LogP) is 2.44. The molecule has 0 amide bonds. The maximum Gasteiger partial charge on any atom is 0.240 e. The molecule has 1 fully saturated rings. The SMILES string of the molecule is COc1ccc(F)c([C@@H](CC(F)F)N2CCNCC2)c1. The van der Waals surface area contributed by atoms with Crippen molar-refractivity contribution in [3.05, 3.63) is 29.6 Å². The first-order valence-electron chi connectivity index (χ1n) is 6.68. The van der Waals surface area contributed by atoms with Crippen LogP contribution in [-0.4, -0.2) is 44.6 Å². The zero-order chi connectivity index (χ0) is 14.5. The summed E-state index contributed by atoms with van der Waals surface area (Å²) in [5.74, 6) is 0.0192. The smallest absolute Gasteiger partial charge is 0.240 e. The molecular weight excluding hydrogens is 269 g/mol. The molecule has 0 radical (unpaired) electrons. The highest BCUT2D eigenvalue weighted by atomic mass is 19.3. The lowest BCUT2D eigenvalue weighted by Gasteiger charge is -2.35. The number of piperazine rings is 1. The Kier molecular flexibility index (Phi) is 5.25. The minimum atomic E-state index is -2.47. The molecule has 112 valence electrons. The van der Waals surface area contributed by atoms with Crippen LogP contribution in [0.15, 0.2) is 18.2 Å². The molecule has 0 unspecified atom stereocenters. The van der Waals surface area contributed by atoms with Gasteiger partial charge in [0.05, 0.1) is 7.11 Å². The van der Waals surface area contributed by atoms with Crippen LogP contribution in [0.5, 0.6) is 5.75 Å². The average Bonchev–Trinajstić information content (AvgIpc) is 2.46. The normalized spacial score (nSPS) is 18.2. The number of nitrogens with zero attached hydrogens (tertiary/aromatic N) is 1. The first-order valence-corrected chi connectivity index (χ1v) is 6.68. The molecule has 2 rings (SSSR count). The molecular formula is C14H19F3N2O. The number of rotatable bonds is 5. The summed E-state index contributed by atoms with van der Waals surface area (Å²) in [5.41, 5.74) is 0.284. The summed E-state index contributed by atoms with van der Waals surface area (Å²) >= 11 is 0. The number of hydrogen-bond donors (Lipinski definition) is 1. The largest absolute Gasteiger partial charge is 0.497 e. The van der Waals surface area contributed by atoms with Crippen LogP contribution in [-0.2, 0) is 0 Å². The number of benzene rings is 1. The van der Waals surface area contributed by atoms with E-state index in [1.807, 2.05) is 4.90 Å². The van der Waals surface area contributed by atoms with Crippen LogP contribution >= 0.6 is 0 Å². The van der Waals surface area contributed by atoms with E-state index in [4.69, 9.17) is 4.74 Å². The van der Waals surface area contributed by atoms with E-state index in [-0.39, 0.29) is 12.0 Å². The zero-order valence-electron chi connectivity index (χ0n) is 11.4. The Hall–Kier alpha value is -1.27. The van der Waals surface area contributed by atoms with Crippen LogP contribution in [0.3, 0.4) is 0 Å². The van der Waals surface area contributed by atoms with Gasteiger partial charge >= 0.3 is 0 Å². The highest BCUT2D eigenvalue weighted by Gasteiger charge is 2.27. The summed E-state index contributed by atoms with van der Waals surface area (Å²) < 4.78 is 44.8. The fourth-order valence-corrected chi connectivity index (χ4v) is 2.54. The molecule has 1 saturated heterocycles. The molecule has 1 aromatic carbocycles. The summed E-state index contributed by atoms with van der Waals surface area (Å²) in [6, 6.07) is 3.67. The van der Waals surface area contributed by atoms with E-state index in [1.54, 1.807) is 0 Å². The molecule has 0 aliphatic carbocycles. The second-order valence-electron chi connectivity index (χ2n) is 4.82. The van der Waals surface area contributed by atoms with Gasteiger partial charge in [0.15, 0.2) is 0 Å². The topological polar surface area (TPSA) is 24.5 Å². The van der Waals surface area contributed by atoms with Gasteiger partial charge < -0.3 is 10.1 Å². The molecule has 6 heteroatoms. The van der Waals surface area contributed by atoms with E-state index in [1.165, 1.54) is 25.3 Å². The molecule has 1 aromatic rings. The fourth-order valence-electron chi connectivity index (χ4n) is 2.54. The third kappa shape index (κ3) is 3.64. The fraction of sp³-hybridized carbons (Fsp3) is 0.571. The Labute approximate surface area is 116 Å². The lowest BCUT2D eigenvalue weighted by molar-refractivity contribution is 0.0724. The standard InChI is InChI=1S/C14H19F3N2O/c1-20-10-2-3-12(15)11(8-10)13(9-14(16)17)19-6-4-18-5-7-19/h2-3,8,13-14,18H,4-7,9H2,1H3/t13-/m1/s1. The van der Waals surface area contributed by atoms with Crippen LogP contribution in [0.25, 0.3) is 0 Å². The lowest BCUT2D eigenvalue weighted by atomic mass is 10.00. The molecule has 0 saturated carbocycles. The van der Waals surface area contributed by atoms with Crippen LogP contribution in [0.1, 0.15) is 18.0 Å². The molecule has 0 bridgehead atoms. The molecule has 0 aromatic heterocycles. The van der Waals surface area contributed by atoms with Crippen molar-refractivity contribution in [1.29, 1.82) is 0 Å². The van der Waals surface area contributed by atoms with E-state index < -0.39 is 18.3 Å². The molecule has 0 spiro atoms. The quantitative estimate of drug-likeness (QED) is 0.900. The van der Waals surface area contributed by atoms with Gasteiger partial charge in [0.1, 0.15) is 11.6 Å². The Bertz CT molecular complexity index is 436. The Morgan fingerprint density at radius 1 is 1.30 bits per heavy atom. The molecule has 1 aliphatic heterocycles. The van der Waals surface area contributed by atoms with E-state index in [0.717, 1.165) is 13.1 Å². The van der Waals surface area contributed by atoms with Crippen molar-refractivity contribution in [2.75, 3.05) is 33.3 Å². The van der Waals surface area contributed by atoms with Gasteiger partial charge in [0.2, 0.25) is 6.43 Å². The van der Waals surface area contributed by atoms with E-state index >= 15 is 0 Å². The maximum atomic E-state index is 14.0. The average molecular weight is 288 g/mol. The van der Waals surface area contributed by atoms with Crippen LogP contribution in [0, 0.1) is 5.82 Å². The summed E-state index contributed by atoms with van der Waals surface area (Å²) in [6.45, 7) is 2.72. The van der Waals surface area contributed by atoms with Gasteiger partial charge in [0.25, 0.3) is 0 Å². The van der Waals surface area contributed by atoms with Crippen molar-refractivity contribution in [3.63, 3.8) is 0 Å². The highest BCUT2D eigenvalue weighted by Crippen LogP contribution is 2.31. The summed E-state index contributed by atoms with van der Waals surface area (Å²) in [6.07, 6.45) is -2.84. The number of methoxy groups -OCH3 is 1. The van der Waals surface area contributed by atoms with Gasteiger partial charge in [-0.3, -0.25) is 4.90 Å². The van der Waals surface area contributed by atoms with Gasteiger partial charge in [-0.25, -0.2) is 13.2 Å². The Balaban J connectivity index is 2.29. The van der Waals surface area contributed by atoms with Crippen molar-refractivity contribution < 1.29 is 17.9 Å². The first kappa shape index (κ1) is 15.1. The minimum Gasteiger partial charge on any atom is -0.497 e. The Morgan fingerprint density at radius 3 is 2.60 bits per heavy atom. The monoisotopic (exact) mass is 288 g/mol. The van der Waals surface area contributed by atoms with Crippen LogP contribution < -0.4 is 10.1 Å². The maximum absolute atomic E-state index is 14.0. The highest BCUT2D eigenvalue weighted by molar-refractivity contribution is 5.32. The van der Waals surface area contributed by atoms with Crippen molar-refractivity contribution >= 4 is 0 Å². The number of nitrogens with one attached hydrogen (secondary N) is 1. The van der Waals surface area contributed by atoms with Crippen molar-refractivity contribution in [2.24, 2.45) is 0 Å². The van der Waals surface area contributed by atoms with Crippen LogP contribution in [0.2, 0.25) is 0 Å². The second-order valence-corrected chi connectivity index (χ2v) is 4.82. The van der Waals surface area contributed by atoms with E-state index in [2.05, 4.69) is 5.32 Å². The minimum absolute atomic E-state index is 0.284. The third-order valence-electron chi connectivity index (χ3n) is 3.56. The number of halogens is 3. The van der Waals surface area contributed by atoms with Crippen molar-refractivity contribution in [1.82, 2.24) is 10.2 Å². The number of alkyl halides is 2. The molecule has 20 heavy (non-hydrogen) atoms. The number of ether oxygens (including phenoxy) is 1. The summed E-state index contributed by atoms with van der Waals surface area (Å²) in [5, 5.41) is 3.16. The van der Waals surface area contributed by atoms with Gasteiger partial charge in [-0.05, 0) is 18.2 Å². The molecule has 1 N–H and O–H groups in total. The van der Waals surface area contributed by atoms with E-state index in [9.17, 15) is 13.2 Å². The van der Waals surface area contributed by atoms with Crippen molar-refractivity contribution in [2.45, 2.75) is 18.9 Å². The summed E-state index contributed by atoms with van der Waals surface area (Å²) in [7, 11) is 1.48. The van der Waals surface area contributed by atoms with Gasteiger partial charge in [-0.2, -0.15) is 0 Å².